The van der Waals surface area contributed by atoms with Gasteiger partial charge in [0, 0.05) is 16.2 Å². The second-order valence-corrected chi connectivity index (χ2v) is 5.84. The summed E-state index contributed by atoms with van der Waals surface area (Å²) in [5.41, 5.74) is 9.18. The molecule has 0 aliphatic heterocycles. The van der Waals surface area contributed by atoms with Crippen LogP contribution in [0.5, 0.6) is 0 Å². The predicted octanol–water partition coefficient (Wildman–Crippen LogP) is 3.49. The van der Waals surface area contributed by atoms with E-state index in [1.807, 2.05) is 25.1 Å². The lowest BCUT2D eigenvalue weighted by Crippen LogP contribution is -1.97. The number of nitrogens with zero attached hydrogens (tertiary/aromatic N) is 2. The Morgan fingerprint density at radius 1 is 1.35 bits per heavy atom. The first-order valence-corrected chi connectivity index (χ1v) is 7.57. The number of halogens is 1. The molecule has 0 fully saturated rings. The maximum atomic E-state index is 11.6. The van der Waals surface area contributed by atoms with Gasteiger partial charge < -0.3 is 15.8 Å². The smallest absolute Gasteiger partial charge is 0.337 e. The first kappa shape index (κ1) is 15.2. The van der Waals surface area contributed by atoms with E-state index in [2.05, 4.69) is 30.9 Å². The van der Waals surface area contributed by atoms with Crippen LogP contribution in [0.3, 0.4) is 0 Å². The molecule has 4 N–H and O–H groups in total. The number of aromatic nitrogens is 3. The molecule has 3 aromatic rings. The summed E-state index contributed by atoms with van der Waals surface area (Å²) in [6.45, 7) is 1.92. The van der Waals surface area contributed by atoms with Crippen molar-refractivity contribution in [2.75, 3.05) is 5.73 Å². The summed E-state index contributed by atoms with van der Waals surface area (Å²) >= 11 is 3.47. The first-order chi connectivity index (χ1) is 11.0. The van der Waals surface area contributed by atoms with Gasteiger partial charge in [0.2, 0.25) is 5.95 Å². The molecule has 0 bridgehead atoms. The lowest BCUT2D eigenvalue weighted by atomic mass is 10.0. The van der Waals surface area contributed by atoms with Crippen molar-refractivity contribution in [1.82, 2.24) is 15.0 Å². The minimum Gasteiger partial charge on any atom is -0.478 e. The largest absolute Gasteiger partial charge is 0.478 e. The van der Waals surface area contributed by atoms with Gasteiger partial charge in [-0.15, -0.1) is 0 Å². The van der Waals surface area contributed by atoms with Crippen molar-refractivity contribution < 1.29 is 9.90 Å². The highest BCUT2D eigenvalue weighted by molar-refractivity contribution is 9.10. The van der Waals surface area contributed by atoms with Crippen molar-refractivity contribution in [2.45, 2.75) is 6.92 Å². The number of H-pyrrole nitrogens is 1. The highest BCUT2D eigenvalue weighted by Crippen LogP contribution is 2.33. The van der Waals surface area contributed by atoms with Crippen molar-refractivity contribution in [3.8, 4) is 22.6 Å². The average Bonchev–Trinajstić information content (AvgIpc) is 2.95. The summed E-state index contributed by atoms with van der Waals surface area (Å²) in [6, 6.07) is 8.87. The van der Waals surface area contributed by atoms with Crippen molar-refractivity contribution >= 4 is 27.8 Å². The van der Waals surface area contributed by atoms with Crippen LogP contribution in [0.15, 0.2) is 41.0 Å². The molecule has 0 unspecified atom stereocenters. The molecule has 1 aromatic carbocycles. The van der Waals surface area contributed by atoms with Crippen LogP contribution in [0.1, 0.15) is 15.9 Å². The second-order valence-electron chi connectivity index (χ2n) is 4.99. The summed E-state index contributed by atoms with van der Waals surface area (Å²) in [6.07, 6.45) is 1.53. The summed E-state index contributed by atoms with van der Waals surface area (Å²) in [4.78, 5) is 22.7. The van der Waals surface area contributed by atoms with Gasteiger partial charge in [0.25, 0.3) is 0 Å². The number of carboxylic acid groups (broad SMARTS) is 1. The van der Waals surface area contributed by atoms with E-state index < -0.39 is 5.97 Å². The normalized spacial score (nSPS) is 10.7. The maximum Gasteiger partial charge on any atom is 0.337 e. The monoisotopic (exact) mass is 372 g/mol. The van der Waals surface area contributed by atoms with Crippen LogP contribution in [0.2, 0.25) is 0 Å². The van der Waals surface area contributed by atoms with Gasteiger partial charge in [-0.2, -0.15) is 0 Å². The number of nitrogens with one attached hydrogen (secondary N) is 1. The van der Waals surface area contributed by atoms with Crippen LogP contribution in [0.4, 0.5) is 5.95 Å². The van der Waals surface area contributed by atoms with Crippen LogP contribution in [0.25, 0.3) is 22.6 Å². The lowest BCUT2D eigenvalue weighted by Gasteiger charge is -2.07. The Hall–Kier alpha value is -2.67. The van der Waals surface area contributed by atoms with Crippen molar-refractivity contribution in [3.05, 3.63) is 52.1 Å². The van der Waals surface area contributed by atoms with Crippen molar-refractivity contribution in [1.29, 1.82) is 0 Å². The van der Waals surface area contributed by atoms with E-state index in [4.69, 9.17) is 5.73 Å². The molecule has 6 nitrogen and oxygen atoms in total. The van der Waals surface area contributed by atoms with Gasteiger partial charge in [-0.3, -0.25) is 0 Å². The molecule has 0 atom stereocenters. The highest BCUT2D eigenvalue weighted by Gasteiger charge is 2.19. The SMILES string of the molecule is Cc1c(Br)cccc1-c1[nH]c(-c2ccnc(N)n2)cc1C(=O)O. The molecule has 3 rings (SSSR count). The number of carbonyl (C=O) groups is 1. The zero-order valence-electron chi connectivity index (χ0n) is 12.2. The Morgan fingerprint density at radius 2 is 2.13 bits per heavy atom. The molecule has 0 saturated heterocycles. The third-order valence-electron chi connectivity index (χ3n) is 3.54. The number of rotatable bonds is 3. The minimum atomic E-state index is -1.01. The number of anilines is 1. The van der Waals surface area contributed by atoms with E-state index >= 15 is 0 Å². The molecular weight excluding hydrogens is 360 g/mol. The number of nitrogen functional groups attached to an aromatic ring is 1. The van der Waals surface area contributed by atoms with Gasteiger partial charge in [-0.25, -0.2) is 14.8 Å². The van der Waals surface area contributed by atoms with Crippen molar-refractivity contribution in [3.63, 3.8) is 0 Å². The van der Waals surface area contributed by atoms with Gasteiger partial charge in [-0.05, 0) is 30.7 Å². The van der Waals surface area contributed by atoms with Gasteiger partial charge in [-0.1, -0.05) is 28.1 Å². The Balaban J connectivity index is 2.21. The van der Waals surface area contributed by atoms with E-state index in [-0.39, 0.29) is 11.5 Å². The number of hydrogen-bond donors (Lipinski definition) is 3. The van der Waals surface area contributed by atoms with E-state index in [1.165, 1.54) is 6.20 Å². The summed E-state index contributed by atoms with van der Waals surface area (Å²) in [5, 5.41) is 9.51. The minimum absolute atomic E-state index is 0.133. The standard InChI is InChI=1S/C16H13BrN4O2/c1-8-9(3-2-4-11(8)17)14-10(15(22)23)7-13(20-14)12-5-6-19-16(18)21-12/h2-7,20H,1H3,(H,22,23)(H2,18,19,21). The first-order valence-electron chi connectivity index (χ1n) is 6.78. The van der Waals surface area contributed by atoms with Gasteiger partial charge >= 0.3 is 5.97 Å². The fourth-order valence-corrected chi connectivity index (χ4v) is 2.74. The molecule has 0 saturated carbocycles. The fourth-order valence-electron chi connectivity index (χ4n) is 2.38. The fraction of sp³-hybridized carbons (Fsp3) is 0.0625. The second kappa shape index (κ2) is 5.85. The van der Waals surface area contributed by atoms with Gasteiger partial charge in [0.15, 0.2) is 0 Å². The molecule has 2 aromatic heterocycles. The molecular formula is C16H13BrN4O2. The van der Waals surface area contributed by atoms with Gasteiger partial charge in [0.1, 0.15) is 0 Å². The number of nitrogens with two attached hydrogens (primary N) is 1. The number of aromatic carboxylic acids is 1. The Morgan fingerprint density at radius 3 is 2.83 bits per heavy atom. The number of aromatic amines is 1. The van der Waals surface area contributed by atoms with Crippen LogP contribution in [-0.2, 0) is 0 Å². The molecule has 0 spiro atoms. The lowest BCUT2D eigenvalue weighted by molar-refractivity contribution is 0.0698. The Kier molecular flexibility index (Phi) is 3.87. The zero-order chi connectivity index (χ0) is 16.6. The third kappa shape index (κ3) is 2.83. The van der Waals surface area contributed by atoms with E-state index in [9.17, 15) is 9.90 Å². The van der Waals surface area contributed by atoms with Crippen LogP contribution < -0.4 is 5.73 Å². The van der Waals surface area contributed by atoms with Crippen molar-refractivity contribution in [2.24, 2.45) is 0 Å². The van der Waals surface area contributed by atoms with E-state index in [0.717, 1.165) is 15.6 Å². The van der Waals surface area contributed by atoms with E-state index in [1.54, 1.807) is 12.1 Å². The van der Waals surface area contributed by atoms with Gasteiger partial charge in [0.05, 0.1) is 22.6 Å². The number of hydrogen-bond acceptors (Lipinski definition) is 4. The van der Waals surface area contributed by atoms with Crippen LogP contribution in [0, 0.1) is 6.92 Å². The Bertz CT molecular complexity index is 905. The topological polar surface area (TPSA) is 105 Å². The predicted molar refractivity (Wildman–Crippen MR) is 91.1 cm³/mol. The molecule has 116 valence electrons. The quantitative estimate of drug-likeness (QED) is 0.652. The molecule has 0 radical (unpaired) electrons. The third-order valence-corrected chi connectivity index (χ3v) is 4.39. The molecule has 0 aliphatic rings. The summed E-state index contributed by atoms with van der Waals surface area (Å²) in [5.74, 6) is -0.877. The average molecular weight is 373 g/mol. The number of carboxylic acids is 1. The maximum absolute atomic E-state index is 11.6. The van der Waals surface area contributed by atoms with E-state index in [0.29, 0.717) is 17.1 Å². The molecule has 0 aliphatic carbocycles. The molecule has 23 heavy (non-hydrogen) atoms. The summed E-state index contributed by atoms with van der Waals surface area (Å²) in [7, 11) is 0. The highest BCUT2D eigenvalue weighted by atomic mass is 79.9. The molecule has 7 heteroatoms. The Labute approximate surface area is 140 Å². The molecule has 0 amide bonds. The van der Waals surface area contributed by atoms with Crippen LogP contribution in [-0.4, -0.2) is 26.0 Å². The van der Waals surface area contributed by atoms with Crippen LogP contribution >= 0.6 is 15.9 Å². The number of benzene rings is 1. The molecule has 2 heterocycles. The summed E-state index contributed by atoms with van der Waals surface area (Å²) < 4.78 is 0.911. The zero-order valence-corrected chi connectivity index (χ0v) is 13.8.